The summed E-state index contributed by atoms with van der Waals surface area (Å²) in [6, 6.07) is 17.4. The fourth-order valence-corrected chi connectivity index (χ4v) is 3.30. The van der Waals surface area contributed by atoms with Gasteiger partial charge in [-0.05, 0) is 60.5 Å². The van der Waals surface area contributed by atoms with Gasteiger partial charge in [-0.15, -0.1) is 0 Å². The average Bonchev–Trinajstić information content (AvgIpc) is 2.72. The highest BCUT2D eigenvalue weighted by molar-refractivity contribution is 9.10. The Morgan fingerprint density at radius 1 is 1.06 bits per heavy atom. The van der Waals surface area contributed by atoms with E-state index >= 15 is 0 Å². The van der Waals surface area contributed by atoms with Crippen LogP contribution in [-0.4, -0.2) is 34.4 Å². The maximum absolute atomic E-state index is 12.4. The zero-order valence-electron chi connectivity index (χ0n) is 16.7. The second-order valence-corrected chi connectivity index (χ2v) is 7.89. The molecule has 1 unspecified atom stereocenters. The van der Waals surface area contributed by atoms with Gasteiger partial charge in [0.2, 0.25) is 0 Å². The lowest BCUT2D eigenvalue weighted by atomic mass is 10.1. The van der Waals surface area contributed by atoms with Crippen molar-refractivity contribution < 1.29 is 24.5 Å². The summed E-state index contributed by atoms with van der Waals surface area (Å²) >= 11 is 3.37. The number of benzene rings is 3. The summed E-state index contributed by atoms with van der Waals surface area (Å²) < 4.78 is 6.11. The highest BCUT2D eigenvalue weighted by Gasteiger charge is 2.16. The van der Waals surface area contributed by atoms with E-state index in [0.717, 1.165) is 11.1 Å². The molecule has 3 aromatic carbocycles. The molecule has 0 spiro atoms. The Kier molecular flexibility index (Phi) is 7.20. The zero-order chi connectivity index (χ0) is 22.4. The Balaban J connectivity index is 1.75. The number of halogens is 1. The van der Waals surface area contributed by atoms with Gasteiger partial charge in [-0.3, -0.25) is 4.99 Å². The van der Waals surface area contributed by atoms with Crippen molar-refractivity contribution in [2.75, 3.05) is 0 Å². The van der Waals surface area contributed by atoms with Crippen LogP contribution in [0.25, 0.3) is 0 Å². The molecule has 0 bridgehead atoms. The molecule has 3 aromatic rings. The van der Waals surface area contributed by atoms with Crippen LogP contribution in [0, 0.1) is 6.92 Å². The van der Waals surface area contributed by atoms with E-state index in [2.05, 4.69) is 20.9 Å². The second kappa shape index (κ2) is 10.0. The van der Waals surface area contributed by atoms with Crippen LogP contribution in [0.3, 0.4) is 0 Å². The van der Waals surface area contributed by atoms with Crippen LogP contribution in [0.2, 0.25) is 0 Å². The van der Waals surface area contributed by atoms with Crippen LogP contribution in [0.5, 0.6) is 11.5 Å². The Hall–Kier alpha value is -3.45. The van der Waals surface area contributed by atoms with Gasteiger partial charge in [0.25, 0.3) is 0 Å². The minimum atomic E-state index is -1.06. The Bertz CT molecular complexity index is 1110. The fourth-order valence-electron chi connectivity index (χ4n) is 2.81. The van der Waals surface area contributed by atoms with Gasteiger partial charge in [0.1, 0.15) is 11.5 Å². The number of aryl methyl sites for hydroxylation is 1. The number of phenols is 1. The van der Waals surface area contributed by atoms with Gasteiger partial charge in [-0.25, -0.2) is 9.59 Å². The third kappa shape index (κ3) is 6.52. The number of phenolic OH excluding ortho intramolecular Hbond substituents is 1. The first-order chi connectivity index (χ1) is 14.8. The van der Waals surface area contributed by atoms with E-state index in [1.165, 1.54) is 18.3 Å². The van der Waals surface area contributed by atoms with Crippen LogP contribution in [0.15, 0.2) is 76.2 Å². The number of carboxylic acid groups (broad SMARTS) is 1. The number of carbonyl (C=O) groups is 2. The maximum Gasteiger partial charge on any atom is 0.343 e. The molecule has 0 aliphatic heterocycles. The van der Waals surface area contributed by atoms with Crippen LogP contribution in [-0.2, 0) is 11.2 Å². The number of aliphatic imine (C=N–C) groups is 1. The van der Waals surface area contributed by atoms with Crippen molar-refractivity contribution in [2.45, 2.75) is 19.4 Å². The van der Waals surface area contributed by atoms with Crippen LogP contribution in [0.1, 0.15) is 27.0 Å². The van der Waals surface area contributed by atoms with Gasteiger partial charge < -0.3 is 14.9 Å². The number of nitrogens with zero attached hydrogens (tertiary/aromatic N) is 1. The van der Waals surface area contributed by atoms with E-state index < -0.39 is 18.0 Å². The topological polar surface area (TPSA) is 96.2 Å². The predicted octanol–water partition coefficient (Wildman–Crippen LogP) is 4.80. The molecule has 0 saturated heterocycles. The summed E-state index contributed by atoms with van der Waals surface area (Å²) in [6.07, 6.45) is 1.61. The molecule has 0 heterocycles. The molecule has 0 amide bonds. The summed E-state index contributed by atoms with van der Waals surface area (Å²) in [5, 5.41) is 18.9. The number of hydrogen-bond acceptors (Lipinski definition) is 5. The lowest BCUT2D eigenvalue weighted by molar-refractivity contribution is -0.138. The first-order valence-corrected chi connectivity index (χ1v) is 10.2. The smallest absolute Gasteiger partial charge is 0.343 e. The van der Waals surface area contributed by atoms with Gasteiger partial charge >= 0.3 is 11.9 Å². The predicted molar refractivity (Wildman–Crippen MR) is 121 cm³/mol. The third-order valence-corrected chi connectivity index (χ3v) is 4.90. The van der Waals surface area contributed by atoms with Crippen molar-refractivity contribution in [3.63, 3.8) is 0 Å². The third-order valence-electron chi connectivity index (χ3n) is 4.45. The largest absolute Gasteiger partial charge is 0.508 e. The molecule has 0 fully saturated rings. The summed E-state index contributed by atoms with van der Waals surface area (Å²) in [7, 11) is 0. The van der Waals surface area contributed by atoms with Gasteiger partial charge in [0.05, 0.1) is 5.56 Å². The van der Waals surface area contributed by atoms with Crippen molar-refractivity contribution in [3.05, 3.63) is 93.5 Å². The molecular weight excluding hydrogens is 462 g/mol. The minimum Gasteiger partial charge on any atom is -0.508 e. The standard InChI is InChI=1S/C24H20BrNO5/c1-15-2-6-18(7-3-15)24(30)31-21-11-17(10-19(25)13-21)14-26-22(23(28)29)12-16-4-8-20(27)9-5-16/h2-11,13-14,22,27H,12H2,1H3,(H,28,29). The SMILES string of the molecule is Cc1ccc(C(=O)Oc2cc(Br)cc(C=NC(Cc3ccc(O)cc3)C(=O)O)c2)cc1. The van der Waals surface area contributed by atoms with E-state index in [1.54, 1.807) is 42.5 Å². The van der Waals surface area contributed by atoms with E-state index in [-0.39, 0.29) is 12.2 Å². The molecule has 31 heavy (non-hydrogen) atoms. The minimum absolute atomic E-state index is 0.112. The highest BCUT2D eigenvalue weighted by Crippen LogP contribution is 2.22. The molecule has 0 saturated carbocycles. The highest BCUT2D eigenvalue weighted by atomic mass is 79.9. The monoisotopic (exact) mass is 481 g/mol. The number of aromatic hydroxyl groups is 1. The lowest BCUT2D eigenvalue weighted by Crippen LogP contribution is -2.20. The molecule has 158 valence electrons. The van der Waals surface area contributed by atoms with Crippen molar-refractivity contribution in [2.24, 2.45) is 4.99 Å². The molecule has 1 atom stereocenters. The Morgan fingerprint density at radius 2 is 1.74 bits per heavy atom. The first kappa shape index (κ1) is 22.2. The molecule has 0 aliphatic carbocycles. The Labute approximate surface area is 188 Å². The number of aliphatic carboxylic acids is 1. The molecular formula is C24H20BrNO5. The molecule has 0 radical (unpaired) electrons. The summed E-state index contributed by atoms with van der Waals surface area (Å²) in [5.74, 6) is -1.13. The number of rotatable bonds is 7. The van der Waals surface area contributed by atoms with Crippen LogP contribution >= 0.6 is 15.9 Å². The zero-order valence-corrected chi connectivity index (χ0v) is 18.2. The normalized spacial score (nSPS) is 11.9. The van der Waals surface area contributed by atoms with Crippen molar-refractivity contribution in [1.29, 1.82) is 0 Å². The van der Waals surface area contributed by atoms with E-state index in [1.807, 2.05) is 19.1 Å². The maximum atomic E-state index is 12.4. The molecule has 2 N–H and O–H groups in total. The number of hydrogen-bond donors (Lipinski definition) is 2. The Morgan fingerprint density at radius 3 is 2.39 bits per heavy atom. The van der Waals surface area contributed by atoms with Gasteiger partial charge in [-0.2, -0.15) is 0 Å². The lowest BCUT2D eigenvalue weighted by Gasteiger charge is -2.09. The van der Waals surface area contributed by atoms with Crippen LogP contribution in [0.4, 0.5) is 0 Å². The molecule has 6 nitrogen and oxygen atoms in total. The first-order valence-electron chi connectivity index (χ1n) is 9.43. The number of carbonyl (C=O) groups excluding carboxylic acids is 1. The fraction of sp³-hybridized carbons (Fsp3) is 0.125. The summed E-state index contributed by atoms with van der Waals surface area (Å²) in [4.78, 5) is 28.2. The molecule has 7 heteroatoms. The number of ether oxygens (including phenoxy) is 1. The molecule has 3 rings (SSSR count). The van der Waals surface area contributed by atoms with Crippen molar-refractivity contribution in [3.8, 4) is 11.5 Å². The van der Waals surface area contributed by atoms with Gasteiger partial charge in [0.15, 0.2) is 6.04 Å². The molecule has 0 aromatic heterocycles. The van der Waals surface area contributed by atoms with Crippen molar-refractivity contribution >= 4 is 34.1 Å². The van der Waals surface area contributed by atoms with E-state index in [0.29, 0.717) is 21.3 Å². The number of carboxylic acids is 1. The van der Waals surface area contributed by atoms with Crippen LogP contribution < -0.4 is 4.74 Å². The number of esters is 1. The average molecular weight is 482 g/mol. The summed E-state index contributed by atoms with van der Waals surface area (Å²) in [6.45, 7) is 1.93. The molecule has 0 aliphatic rings. The quantitative estimate of drug-likeness (QED) is 0.287. The summed E-state index contributed by atoms with van der Waals surface area (Å²) in [5.41, 5.74) is 2.79. The van der Waals surface area contributed by atoms with Gasteiger partial charge in [-0.1, -0.05) is 45.8 Å². The van der Waals surface area contributed by atoms with E-state index in [4.69, 9.17) is 4.74 Å². The van der Waals surface area contributed by atoms with Crippen molar-refractivity contribution in [1.82, 2.24) is 0 Å². The van der Waals surface area contributed by atoms with E-state index in [9.17, 15) is 19.8 Å². The van der Waals surface area contributed by atoms with Gasteiger partial charge in [0, 0.05) is 17.1 Å². The second-order valence-electron chi connectivity index (χ2n) is 6.98.